The lowest BCUT2D eigenvalue weighted by atomic mass is 10.2. The zero-order chi connectivity index (χ0) is 23.7. The third-order valence-electron chi connectivity index (χ3n) is 3.57. The van der Waals surface area contributed by atoms with Crippen LogP contribution in [-0.2, 0) is 29.1 Å². The molecule has 3 N–H and O–H groups in total. The first-order chi connectivity index (χ1) is 14.3. The molecule has 0 saturated carbocycles. The molecule has 1 aromatic carbocycles. The van der Waals surface area contributed by atoms with Gasteiger partial charge in [-0.25, -0.2) is 13.2 Å². The number of amides is 1. The van der Waals surface area contributed by atoms with Gasteiger partial charge in [0.15, 0.2) is 0 Å². The van der Waals surface area contributed by atoms with Crippen molar-refractivity contribution in [1.82, 2.24) is 10.0 Å². The van der Waals surface area contributed by atoms with Crippen LogP contribution < -0.4 is 14.8 Å². The molecule has 0 fully saturated rings. The number of aliphatic carboxylic acids is 1. The highest BCUT2D eigenvalue weighted by Gasteiger charge is 2.28. The lowest BCUT2D eigenvalue weighted by Crippen LogP contribution is -2.49. The van der Waals surface area contributed by atoms with Crippen LogP contribution in [0.25, 0.3) is 0 Å². The zero-order valence-corrected chi connectivity index (χ0v) is 18.7. The average molecular weight is 461 g/mol. The Hall–Kier alpha value is -2.86. The minimum atomic E-state index is -4.13. The lowest BCUT2D eigenvalue weighted by molar-refractivity contribution is -0.142. The predicted octanol–water partition coefficient (Wildman–Crippen LogP) is 1.27. The summed E-state index contributed by atoms with van der Waals surface area (Å²) in [5.74, 6) is -1.46. The van der Waals surface area contributed by atoms with Crippen molar-refractivity contribution < 1.29 is 42.1 Å². The zero-order valence-electron chi connectivity index (χ0n) is 17.8. The number of esters is 1. The number of hydrogen-bond acceptors (Lipinski definition) is 8. The Balaban J connectivity index is 2.76. The SMILES string of the molecule is COC(=O)C(CNC(=O)OC(C)(C)C)NS(=O)(=O)c1ccc(OCCCC(=O)O)cc1. The van der Waals surface area contributed by atoms with E-state index >= 15 is 0 Å². The largest absolute Gasteiger partial charge is 0.494 e. The van der Waals surface area contributed by atoms with Crippen molar-refractivity contribution in [2.75, 3.05) is 20.3 Å². The minimum absolute atomic E-state index is 0.0391. The number of sulfonamides is 1. The summed E-state index contributed by atoms with van der Waals surface area (Å²) < 4.78 is 42.4. The molecule has 0 radical (unpaired) electrons. The number of benzene rings is 1. The molecular weight excluding hydrogens is 432 g/mol. The van der Waals surface area contributed by atoms with Crippen LogP contribution in [0.4, 0.5) is 4.79 Å². The Kier molecular flexibility index (Phi) is 9.72. The van der Waals surface area contributed by atoms with Gasteiger partial charge in [0.1, 0.15) is 17.4 Å². The Morgan fingerprint density at radius 2 is 1.74 bits per heavy atom. The van der Waals surface area contributed by atoms with Gasteiger partial charge in [-0.1, -0.05) is 0 Å². The molecule has 11 nitrogen and oxygen atoms in total. The lowest BCUT2D eigenvalue weighted by Gasteiger charge is -2.21. The number of nitrogens with one attached hydrogen (secondary N) is 2. The van der Waals surface area contributed by atoms with Crippen LogP contribution in [0.5, 0.6) is 5.75 Å². The molecule has 1 unspecified atom stereocenters. The molecule has 0 bridgehead atoms. The molecule has 1 amide bonds. The van der Waals surface area contributed by atoms with E-state index in [4.69, 9.17) is 14.6 Å². The summed E-state index contributed by atoms with van der Waals surface area (Å²) in [6.07, 6.45) is -0.546. The summed E-state index contributed by atoms with van der Waals surface area (Å²) in [6, 6.07) is 3.96. The van der Waals surface area contributed by atoms with Crippen LogP contribution in [0, 0.1) is 0 Å². The van der Waals surface area contributed by atoms with E-state index in [0.717, 1.165) is 7.11 Å². The number of carboxylic acids is 1. The molecule has 1 atom stereocenters. The Bertz CT molecular complexity index is 861. The molecule has 0 saturated heterocycles. The Morgan fingerprint density at radius 1 is 1.13 bits per heavy atom. The second-order valence-electron chi connectivity index (χ2n) is 7.40. The maximum atomic E-state index is 12.6. The second kappa shape index (κ2) is 11.5. The van der Waals surface area contributed by atoms with Crippen molar-refractivity contribution in [3.05, 3.63) is 24.3 Å². The number of carbonyl (C=O) groups is 3. The molecule has 12 heteroatoms. The first-order valence-corrected chi connectivity index (χ1v) is 10.8. The highest BCUT2D eigenvalue weighted by molar-refractivity contribution is 7.89. The molecule has 1 aromatic rings. The molecule has 1 rings (SSSR count). The number of alkyl carbamates (subject to hydrolysis) is 1. The van der Waals surface area contributed by atoms with Crippen molar-refractivity contribution in [1.29, 1.82) is 0 Å². The molecule has 0 aliphatic carbocycles. The van der Waals surface area contributed by atoms with Crippen LogP contribution in [0.1, 0.15) is 33.6 Å². The number of ether oxygens (including phenoxy) is 3. The van der Waals surface area contributed by atoms with Gasteiger partial charge < -0.3 is 24.6 Å². The first kappa shape index (κ1) is 26.2. The van der Waals surface area contributed by atoms with Crippen molar-refractivity contribution in [2.24, 2.45) is 0 Å². The fourth-order valence-corrected chi connectivity index (χ4v) is 3.38. The summed E-state index contributed by atoms with van der Waals surface area (Å²) in [5.41, 5.74) is -0.762. The minimum Gasteiger partial charge on any atom is -0.494 e. The summed E-state index contributed by atoms with van der Waals surface area (Å²) >= 11 is 0. The van der Waals surface area contributed by atoms with E-state index in [9.17, 15) is 22.8 Å². The molecule has 0 spiro atoms. The molecular formula is C19H28N2O9S. The summed E-state index contributed by atoms with van der Waals surface area (Å²) in [6.45, 7) is 4.76. The Labute approximate surface area is 181 Å². The quantitative estimate of drug-likeness (QED) is 0.327. The smallest absolute Gasteiger partial charge is 0.407 e. The highest BCUT2D eigenvalue weighted by Crippen LogP contribution is 2.17. The molecule has 174 valence electrons. The van der Waals surface area contributed by atoms with Gasteiger partial charge in [-0.3, -0.25) is 9.59 Å². The molecule has 31 heavy (non-hydrogen) atoms. The fourth-order valence-electron chi connectivity index (χ4n) is 2.20. The fraction of sp³-hybridized carbons (Fsp3) is 0.526. The number of carboxylic acid groups (broad SMARTS) is 1. The summed E-state index contributed by atoms with van der Waals surface area (Å²) in [4.78, 5) is 34.1. The Morgan fingerprint density at radius 3 is 2.26 bits per heavy atom. The number of rotatable bonds is 11. The van der Waals surface area contributed by atoms with Crippen molar-refractivity contribution in [3.63, 3.8) is 0 Å². The van der Waals surface area contributed by atoms with Crippen molar-refractivity contribution in [2.45, 2.75) is 50.2 Å². The maximum Gasteiger partial charge on any atom is 0.407 e. The van der Waals surface area contributed by atoms with E-state index < -0.39 is 39.7 Å². The molecule has 0 heterocycles. The van der Waals surface area contributed by atoms with Crippen molar-refractivity contribution >= 4 is 28.1 Å². The van der Waals surface area contributed by atoms with E-state index in [2.05, 4.69) is 14.8 Å². The van der Waals surface area contributed by atoms with Crippen LogP contribution >= 0.6 is 0 Å². The number of methoxy groups -OCH3 is 1. The topological polar surface area (TPSA) is 157 Å². The van der Waals surface area contributed by atoms with Gasteiger partial charge >= 0.3 is 18.0 Å². The van der Waals surface area contributed by atoms with Crippen LogP contribution in [0.15, 0.2) is 29.2 Å². The van der Waals surface area contributed by atoms with Crippen LogP contribution in [0.2, 0.25) is 0 Å². The molecule has 0 aliphatic rings. The standard InChI is InChI=1S/C19H28N2O9S/c1-19(2,3)30-18(25)20-12-15(17(24)28-4)21-31(26,27)14-9-7-13(8-10-14)29-11-5-6-16(22)23/h7-10,15,21H,5-6,11-12H2,1-4H3,(H,20,25)(H,22,23). The van der Waals surface area contributed by atoms with Crippen molar-refractivity contribution in [3.8, 4) is 5.75 Å². The van der Waals surface area contributed by atoms with Gasteiger partial charge in [-0.2, -0.15) is 4.72 Å². The van der Waals surface area contributed by atoms with E-state index in [1.807, 2.05) is 0 Å². The third kappa shape index (κ3) is 10.1. The number of carbonyl (C=O) groups excluding carboxylic acids is 2. The monoisotopic (exact) mass is 460 g/mol. The first-order valence-electron chi connectivity index (χ1n) is 9.36. The molecule has 0 aromatic heterocycles. The van der Waals surface area contributed by atoms with E-state index in [-0.39, 0.29) is 24.5 Å². The highest BCUT2D eigenvalue weighted by atomic mass is 32.2. The maximum absolute atomic E-state index is 12.6. The molecule has 0 aliphatic heterocycles. The normalized spacial score (nSPS) is 12.5. The van der Waals surface area contributed by atoms with Gasteiger partial charge in [0.05, 0.1) is 18.6 Å². The average Bonchev–Trinajstić information content (AvgIpc) is 2.66. The number of hydrogen-bond donors (Lipinski definition) is 3. The van der Waals surface area contributed by atoms with Crippen LogP contribution in [0.3, 0.4) is 0 Å². The summed E-state index contributed by atoms with van der Waals surface area (Å²) in [5, 5.41) is 10.9. The van der Waals surface area contributed by atoms with E-state index in [0.29, 0.717) is 12.2 Å². The van der Waals surface area contributed by atoms with Gasteiger partial charge in [-0.05, 0) is 51.5 Å². The van der Waals surface area contributed by atoms with E-state index in [1.54, 1.807) is 20.8 Å². The van der Waals surface area contributed by atoms with E-state index in [1.165, 1.54) is 24.3 Å². The van der Waals surface area contributed by atoms with Gasteiger partial charge in [0.25, 0.3) is 0 Å². The van der Waals surface area contributed by atoms with Gasteiger partial charge in [0, 0.05) is 13.0 Å². The summed E-state index contributed by atoms with van der Waals surface area (Å²) in [7, 11) is -3.04. The van der Waals surface area contributed by atoms with Crippen LogP contribution in [-0.4, -0.2) is 63.5 Å². The predicted molar refractivity (Wildman–Crippen MR) is 109 cm³/mol. The second-order valence-corrected chi connectivity index (χ2v) is 9.11. The van der Waals surface area contributed by atoms with Gasteiger partial charge in [0.2, 0.25) is 10.0 Å². The third-order valence-corrected chi connectivity index (χ3v) is 5.06. The van der Waals surface area contributed by atoms with Gasteiger partial charge in [-0.15, -0.1) is 0 Å².